The molecular weight excluding hydrogens is 316 g/mol. The van der Waals surface area contributed by atoms with E-state index in [0.717, 1.165) is 6.54 Å². The van der Waals surface area contributed by atoms with Crippen molar-refractivity contribution >= 4 is 10.8 Å². The van der Waals surface area contributed by atoms with Gasteiger partial charge in [-0.25, -0.2) is 0 Å². The minimum absolute atomic E-state index is 0.530. The summed E-state index contributed by atoms with van der Waals surface area (Å²) >= 11 is 0. The Morgan fingerprint density at radius 2 is 1.73 bits per heavy atom. The Morgan fingerprint density at radius 3 is 2.50 bits per heavy atom. The molecule has 0 aliphatic heterocycles. The molecule has 2 heteroatoms. The van der Waals surface area contributed by atoms with Crippen LogP contribution in [0.15, 0.2) is 36.4 Å². The molecule has 1 aliphatic rings. The van der Waals surface area contributed by atoms with Crippen LogP contribution in [0, 0.1) is 0 Å². The molecule has 2 aromatic rings. The van der Waals surface area contributed by atoms with Crippen LogP contribution in [-0.2, 0) is 6.42 Å². The number of benzene rings is 2. The third kappa shape index (κ3) is 4.86. The third-order valence-electron chi connectivity index (χ3n) is 5.85. The lowest BCUT2D eigenvalue weighted by Crippen LogP contribution is -2.36. The van der Waals surface area contributed by atoms with Crippen molar-refractivity contribution in [1.82, 2.24) is 10.2 Å². The molecule has 1 atom stereocenters. The van der Waals surface area contributed by atoms with Crippen LogP contribution in [-0.4, -0.2) is 31.1 Å². The summed E-state index contributed by atoms with van der Waals surface area (Å²) in [5.74, 6) is 0. The SMILES string of the molecule is CCCCN(CCCC)CCNC1CCCc2c1ccc1ccccc21. The lowest BCUT2D eigenvalue weighted by atomic mass is 9.84. The Bertz CT molecular complexity index is 671. The van der Waals surface area contributed by atoms with Crippen LogP contribution in [0.2, 0.25) is 0 Å². The molecule has 0 heterocycles. The fraction of sp³-hybridized carbons (Fsp3) is 0.583. The Morgan fingerprint density at radius 1 is 0.962 bits per heavy atom. The van der Waals surface area contributed by atoms with Crippen molar-refractivity contribution in [2.24, 2.45) is 0 Å². The van der Waals surface area contributed by atoms with Gasteiger partial charge < -0.3 is 10.2 Å². The van der Waals surface area contributed by atoms with Gasteiger partial charge in [-0.1, -0.05) is 63.1 Å². The molecule has 1 unspecified atom stereocenters. The quantitative estimate of drug-likeness (QED) is 0.589. The predicted molar refractivity (Wildman–Crippen MR) is 114 cm³/mol. The van der Waals surface area contributed by atoms with Crippen LogP contribution in [0.5, 0.6) is 0 Å². The standard InChI is InChI=1S/C24H36N2/c1-3-5-17-26(18-6-4-2)19-16-25-24-13-9-12-22-21-11-8-7-10-20(21)14-15-23(22)24/h7-8,10-11,14-15,24-25H,3-6,9,12-13,16-19H2,1-2H3. The molecule has 1 aliphatic carbocycles. The van der Waals surface area contributed by atoms with E-state index in [9.17, 15) is 0 Å². The lowest BCUT2D eigenvalue weighted by Gasteiger charge is -2.29. The van der Waals surface area contributed by atoms with Crippen molar-refractivity contribution in [3.8, 4) is 0 Å². The van der Waals surface area contributed by atoms with Crippen molar-refractivity contribution < 1.29 is 0 Å². The van der Waals surface area contributed by atoms with Crippen LogP contribution in [0.1, 0.15) is 69.5 Å². The Balaban J connectivity index is 1.62. The van der Waals surface area contributed by atoms with E-state index in [-0.39, 0.29) is 0 Å². The molecule has 0 aromatic heterocycles. The van der Waals surface area contributed by atoms with Gasteiger partial charge in [-0.05, 0) is 67.1 Å². The van der Waals surface area contributed by atoms with E-state index in [1.165, 1.54) is 75.4 Å². The second kappa shape index (κ2) is 10.1. The monoisotopic (exact) mass is 352 g/mol. The normalized spacial score (nSPS) is 17.0. The fourth-order valence-electron chi connectivity index (χ4n) is 4.30. The Labute approximate surface area is 160 Å². The van der Waals surface area contributed by atoms with E-state index in [1.54, 1.807) is 11.1 Å². The topological polar surface area (TPSA) is 15.3 Å². The molecule has 2 aromatic carbocycles. The molecule has 26 heavy (non-hydrogen) atoms. The number of hydrogen-bond acceptors (Lipinski definition) is 2. The van der Waals surface area contributed by atoms with Gasteiger partial charge in [0.25, 0.3) is 0 Å². The first kappa shape index (κ1) is 19.4. The zero-order chi connectivity index (χ0) is 18.2. The van der Waals surface area contributed by atoms with E-state index in [4.69, 9.17) is 0 Å². The van der Waals surface area contributed by atoms with Gasteiger partial charge in [-0.2, -0.15) is 0 Å². The van der Waals surface area contributed by atoms with Crippen LogP contribution < -0.4 is 5.32 Å². The largest absolute Gasteiger partial charge is 0.309 e. The average molecular weight is 353 g/mol. The molecule has 0 bridgehead atoms. The summed E-state index contributed by atoms with van der Waals surface area (Å²) < 4.78 is 0. The van der Waals surface area contributed by atoms with E-state index in [2.05, 4.69) is 60.5 Å². The molecule has 0 amide bonds. The Hall–Kier alpha value is -1.38. The van der Waals surface area contributed by atoms with Crippen molar-refractivity contribution in [3.05, 3.63) is 47.5 Å². The van der Waals surface area contributed by atoms with Gasteiger partial charge >= 0.3 is 0 Å². The number of nitrogens with one attached hydrogen (secondary N) is 1. The first-order chi connectivity index (χ1) is 12.8. The second-order valence-corrected chi connectivity index (χ2v) is 7.80. The predicted octanol–water partition coefficient (Wildman–Crippen LogP) is 5.71. The summed E-state index contributed by atoms with van der Waals surface area (Å²) in [6, 6.07) is 14.1. The number of nitrogens with zero attached hydrogens (tertiary/aromatic N) is 1. The van der Waals surface area contributed by atoms with Gasteiger partial charge in [0.2, 0.25) is 0 Å². The Kier molecular flexibility index (Phi) is 7.52. The van der Waals surface area contributed by atoms with Crippen LogP contribution in [0.3, 0.4) is 0 Å². The van der Waals surface area contributed by atoms with Gasteiger partial charge in [-0.15, -0.1) is 0 Å². The molecule has 1 N–H and O–H groups in total. The first-order valence-corrected chi connectivity index (χ1v) is 10.8. The van der Waals surface area contributed by atoms with E-state index in [0.29, 0.717) is 6.04 Å². The molecule has 0 radical (unpaired) electrons. The third-order valence-corrected chi connectivity index (χ3v) is 5.85. The number of aryl methyl sites for hydroxylation is 1. The second-order valence-electron chi connectivity index (χ2n) is 7.80. The highest BCUT2D eigenvalue weighted by Gasteiger charge is 2.21. The van der Waals surface area contributed by atoms with Crippen LogP contribution in [0.25, 0.3) is 10.8 Å². The van der Waals surface area contributed by atoms with Crippen molar-refractivity contribution in [2.45, 2.75) is 64.8 Å². The summed E-state index contributed by atoms with van der Waals surface area (Å²) in [5, 5.41) is 6.73. The molecule has 0 saturated heterocycles. The van der Waals surface area contributed by atoms with Crippen molar-refractivity contribution in [3.63, 3.8) is 0 Å². The van der Waals surface area contributed by atoms with E-state index in [1.807, 2.05) is 0 Å². The van der Waals surface area contributed by atoms with Gasteiger partial charge in [-0.3, -0.25) is 0 Å². The molecule has 0 spiro atoms. The number of hydrogen-bond donors (Lipinski definition) is 1. The highest BCUT2D eigenvalue weighted by molar-refractivity contribution is 5.87. The maximum absolute atomic E-state index is 3.88. The van der Waals surface area contributed by atoms with Gasteiger partial charge in [0, 0.05) is 19.1 Å². The average Bonchev–Trinajstić information content (AvgIpc) is 2.69. The molecule has 0 fully saturated rings. The van der Waals surface area contributed by atoms with Crippen molar-refractivity contribution in [1.29, 1.82) is 0 Å². The summed E-state index contributed by atoms with van der Waals surface area (Å²) in [4.78, 5) is 2.66. The maximum atomic E-state index is 3.88. The molecule has 142 valence electrons. The van der Waals surface area contributed by atoms with Crippen molar-refractivity contribution in [2.75, 3.05) is 26.2 Å². The summed E-state index contributed by atoms with van der Waals surface area (Å²) in [5.41, 5.74) is 3.13. The van der Waals surface area contributed by atoms with E-state index < -0.39 is 0 Å². The number of fused-ring (bicyclic) bond motifs is 3. The molecule has 2 nitrogen and oxygen atoms in total. The van der Waals surface area contributed by atoms with Crippen LogP contribution in [0.4, 0.5) is 0 Å². The fourth-order valence-corrected chi connectivity index (χ4v) is 4.30. The summed E-state index contributed by atoms with van der Waals surface area (Å²) in [7, 11) is 0. The molecular formula is C24H36N2. The van der Waals surface area contributed by atoms with Gasteiger partial charge in [0.15, 0.2) is 0 Å². The number of unbranched alkanes of at least 4 members (excludes halogenated alkanes) is 2. The molecule has 3 rings (SSSR count). The zero-order valence-electron chi connectivity index (χ0n) is 16.8. The minimum Gasteiger partial charge on any atom is -0.309 e. The zero-order valence-corrected chi connectivity index (χ0v) is 16.8. The number of rotatable bonds is 10. The lowest BCUT2D eigenvalue weighted by molar-refractivity contribution is 0.259. The first-order valence-electron chi connectivity index (χ1n) is 10.8. The highest BCUT2D eigenvalue weighted by atomic mass is 15.1. The van der Waals surface area contributed by atoms with Gasteiger partial charge in [0.1, 0.15) is 0 Å². The summed E-state index contributed by atoms with van der Waals surface area (Å²) in [6.07, 6.45) is 9.03. The maximum Gasteiger partial charge on any atom is 0.0323 e. The van der Waals surface area contributed by atoms with E-state index >= 15 is 0 Å². The highest BCUT2D eigenvalue weighted by Crippen LogP contribution is 2.34. The van der Waals surface area contributed by atoms with Crippen LogP contribution >= 0.6 is 0 Å². The minimum atomic E-state index is 0.530. The smallest absolute Gasteiger partial charge is 0.0323 e. The summed E-state index contributed by atoms with van der Waals surface area (Å²) in [6.45, 7) is 9.37. The molecule has 0 saturated carbocycles. The van der Waals surface area contributed by atoms with Gasteiger partial charge in [0.05, 0.1) is 0 Å².